The Kier molecular flexibility index (Phi) is 5.53. The molecule has 2 atom stereocenters. The molecule has 0 aliphatic carbocycles. The van der Waals surface area contributed by atoms with E-state index in [1.807, 2.05) is 0 Å². The van der Waals surface area contributed by atoms with Gasteiger partial charge in [0.1, 0.15) is 0 Å². The Labute approximate surface area is 92.7 Å². The van der Waals surface area contributed by atoms with Gasteiger partial charge in [-0.05, 0) is 31.3 Å². The zero-order valence-corrected chi connectivity index (χ0v) is 10.1. The van der Waals surface area contributed by atoms with Crippen molar-refractivity contribution in [1.29, 1.82) is 0 Å². The van der Waals surface area contributed by atoms with Crippen LogP contribution in [0.5, 0.6) is 0 Å². The second kappa shape index (κ2) is 6.43. The van der Waals surface area contributed by atoms with Crippen LogP contribution in [0, 0.1) is 11.8 Å². The number of piperidine rings is 1. The summed E-state index contributed by atoms with van der Waals surface area (Å²) in [4.78, 5) is 2.38. The minimum Gasteiger partial charge on any atom is -0.355 e. The second-order valence-electron chi connectivity index (χ2n) is 4.42. The molecule has 90 valence electrons. The molecule has 0 spiro atoms. The number of nitrogens with two attached hydrogens (primary N) is 1. The highest BCUT2D eigenvalue weighted by Crippen LogP contribution is 2.22. The lowest BCUT2D eigenvalue weighted by Gasteiger charge is -2.37. The molecule has 0 bridgehead atoms. The number of methoxy groups -OCH3 is 2. The van der Waals surface area contributed by atoms with Crippen LogP contribution < -0.4 is 5.73 Å². The Morgan fingerprint density at radius 3 is 2.60 bits per heavy atom. The SMILES string of the molecule is COC(CN1CCC(C)C(CN)C1)OC. The van der Waals surface area contributed by atoms with E-state index < -0.39 is 0 Å². The average molecular weight is 216 g/mol. The second-order valence-corrected chi connectivity index (χ2v) is 4.42. The number of likely N-dealkylation sites (tertiary alicyclic amines) is 1. The molecule has 1 fully saturated rings. The Hall–Kier alpha value is -0.160. The Bertz CT molecular complexity index is 172. The number of hydrogen-bond donors (Lipinski definition) is 1. The molecule has 15 heavy (non-hydrogen) atoms. The molecular weight excluding hydrogens is 192 g/mol. The maximum absolute atomic E-state index is 5.76. The van der Waals surface area contributed by atoms with E-state index in [4.69, 9.17) is 15.2 Å². The van der Waals surface area contributed by atoms with E-state index in [-0.39, 0.29) is 6.29 Å². The first-order chi connectivity index (χ1) is 7.21. The van der Waals surface area contributed by atoms with E-state index in [0.29, 0.717) is 5.92 Å². The van der Waals surface area contributed by atoms with Crippen LogP contribution in [0.4, 0.5) is 0 Å². The Morgan fingerprint density at radius 1 is 1.40 bits per heavy atom. The van der Waals surface area contributed by atoms with Gasteiger partial charge < -0.3 is 15.2 Å². The van der Waals surface area contributed by atoms with Gasteiger partial charge in [0, 0.05) is 27.3 Å². The fourth-order valence-corrected chi connectivity index (χ4v) is 2.15. The zero-order chi connectivity index (χ0) is 11.3. The lowest BCUT2D eigenvalue weighted by molar-refractivity contribution is -0.120. The maximum Gasteiger partial charge on any atom is 0.169 e. The fourth-order valence-electron chi connectivity index (χ4n) is 2.15. The fraction of sp³-hybridized carbons (Fsp3) is 1.00. The maximum atomic E-state index is 5.76. The van der Waals surface area contributed by atoms with E-state index in [1.54, 1.807) is 14.2 Å². The summed E-state index contributed by atoms with van der Waals surface area (Å²) in [6, 6.07) is 0. The summed E-state index contributed by atoms with van der Waals surface area (Å²) in [5.41, 5.74) is 5.76. The normalized spacial score (nSPS) is 28.6. The zero-order valence-electron chi connectivity index (χ0n) is 10.1. The summed E-state index contributed by atoms with van der Waals surface area (Å²) in [7, 11) is 3.36. The van der Waals surface area contributed by atoms with E-state index >= 15 is 0 Å². The number of nitrogens with zero attached hydrogens (tertiary/aromatic N) is 1. The van der Waals surface area contributed by atoms with Gasteiger partial charge in [-0.25, -0.2) is 0 Å². The molecule has 2 N–H and O–H groups in total. The predicted octanol–water partition coefficient (Wildman–Crippen LogP) is 0.522. The number of ether oxygens (including phenoxy) is 2. The summed E-state index contributed by atoms with van der Waals surface area (Å²) in [5.74, 6) is 1.36. The third-order valence-electron chi connectivity index (χ3n) is 3.43. The van der Waals surface area contributed by atoms with Gasteiger partial charge >= 0.3 is 0 Å². The van der Waals surface area contributed by atoms with Crippen molar-refractivity contribution in [1.82, 2.24) is 4.90 Å². The summed E-state index contributed by atoms with van der Waals surface area (Å²) >= 11 is 0. The minimum atomic E-state index is -0.114. The van der Waals surface area contributed by atoms with Crippen LogP contribution in [0.15, 0.2) is 0 Å². The van der Waals surface area contributed by atoms with Crippen LogP contribution >= 0.6 is 0 Å². The number of hydrogen-bond acceptors (Lipinski definition) is 4. The smallest absolute Gasteiger partial charge is 0.169 e. The van der Waals surface area contributed by atoms with E-state index in [9.17, 15) is 0 Å². The van der Waals surface area contributed by atoms with Gasteiger partial charge in [-0.15, -0.1) is 0 Å². The first-order valence-corrected chi connectivity index (χ1v) is 5.69. The molecule has 0 aromatic heterocycles. The molecule has 0 amide bonds. The van der Waals surface area contributed by atoms with Gasteiger partial charge in [-0.2, -0.15) is 0 Å². The van der Waals surface area contributed by atoms with Crippen molar-refractivity contribution in [2.75, 3.05) is 40.4 Å². The quantitative estimate of drug-likeness (QED) is 0.681. The monoisotopic (exact) mass is 216 g/mol. The van der Waals surface area contributed by atoms with Gasteiger partial charge in [-0.1, -0.05) is 6.92 Å². The van der Waals surface area contributed by atoms with Crippen molar-refractivity contribution in [2.24, 2.45) is 17.6 Å². The molecule has 0 aromatic rings. The van der Waals surface area contributed by atoms with Gasteiger partial charge in [0.15, 0.2) is 6.29 Å². The van der Waals surface area contributed by atoms with Crippen molar-refractivity contribution >= 4 is 0 Å². The summed E-state index contributed by atoms with van der Waals surface area (Å²) in [6.07, 6.45) is 1.11. The minimum absolute atomic E-state index is 0.114. The third-order valence-corrected chi connectivity index (χ3v) is 3.43. The topological polar surface area (TPSA) is 47.7 Å². The van der Waals surface area contributed by atoms with Gasteiger partial charge in [0.05, 0.1) is 0 Å². The van der Waals surface area contributed by atoms with Crippen LogP contribution in [0.1, 0.15) is 13.3 Å². The average Bonchev–Trinajstić information content (AvgIpc) is 2.28. The first-order valence-electron chi connectivity index (χ1n) is 5.69. The van der Waals surface area contributed by atoms with Crippen molar-refractivity contribution < 1.29 is 9.47 Å². The summed E-state index contributed by atoms with van der Waals surface area (Å²) in [5, 5.41) is 0. The summed E-state index contributed by atoms with van der Waals surface area (Å²) in [6.45, 7) is 6.11. The van der Waals surface area contributed by atoms with Crippen molar-refractivity contribution in [2.45, 2.75) is 19.6 Å². The molecule has 1 heterocycles. The van der Waals surface area contributed by atoms with Crippen molar-refractivity contribution in [3.8, 4) is 0 Å². The van der Waals surface area contributed by atoms with Gasteiger partial charge in [0.2, 0.25) is 0 Å². The molecule has 4 heteroatoms. The highest BCUT2D eigenvalue weighted by Gasteiger charge is 2.26. The van der Waals surface area contributed by atoms with Crippen molar-refractivity contribution in [3.05, 3.63) is 0 Å². The van der Waals surface area contributed by atoms with E-state index in [0.717, 1.165) is 32.1 Å². The summed E-state index contributed by atoms with van der Waals surface area (Å²) < 4.78 is 10.4. The molecular formula is C11H24N2O2. The standard InChI is InChI=1S/C11H24N2O2/c1-9-4-5-13(7-10(9)6-12)8-11(14-2)15-3/h9-11H,4-8,12H2,1-3H3. The van der Waals surface area contributed by atoms with Gasteiger partial charge in [0.25, 0.3) is 0 Å². The Morgan fingerprint density at radius 2 is 2.07 bits per heavy atom. The van der Waals surface area contributed by atoms with Crippen LogP contribution in [0.2, 0.25) is 0 Å². The van der Waals surface area contributed by atoms with Crippen LogP contribution in [0.3, 0.4) is 0 Å². The molecule has 1 saturated heterocycles. The lowest BCUT2D eigenvalue weighted by atomic mass is 9.87. The predicted molar refractivity (Wildman–Crippen MR) is 60.6 cm³/mol. The number of rotatable bonds is 5. The molecule has 1 aliphatic heterocycles. The molecule has 1 rings (SSSR count). The molecule has 0 radical (unpaired) electrons. The highest BCUT2D eigenvalue weighted by molar-refractivity contribution is 4.78. The van der Waals surface area contributed by atoms with Gasteiger partial charge in [-0.3, -0.25) is 4.90 Å². The van der Waals surface area contributed by atoms with Crippen LogP contribution in [-0.2, 0) is 9.47 Å². The van der Waals surface area contributed by atoms with E-state index in [1.165, 1.54) is 6.42 Å². The highest BCUT2D eigenvalue weighted by atomic mass is 16.7. The van der Waals surface area contributed by atoms with Crippen molar-refractivity contribution in [3.63, 3.8) is 0 Å². The van der Waals surface area contributed by atoms with Crippen LogP contribution in [0.25, 0.3) is 0 Å². The third kappa shape index (κ3) is 3.72. The van der Waals surface area contributed by atoms with Crippen LogP contribution in [-0.4, -0.2) is 51.6 Å². The molecule has 2 unspecified atom stereocenters. The molecule has 0 aromatic carbocycles. The van der Waals surface area contributed by atoms with E-state index in [2.05, 4.69) is 11.8 Å². The first kappa shape index (κ1) is 12.9. The molecule has 4 nitrogen and oxygen atoms in total. The lowest BCUT2D eigenvalue weighted by Crippen LogP contribution is -2.46. The Balaban J connectivity index is 2.37. The largest absolute Gasteiger partial charge is 0.355 e. The molecule has 0 saturated carbocycles. The molecule has 1 aliphatic rings.